The van der Waals surface area contributed by atoms with Gasteiger partial charge in [0.1, 0.15) is 5.52 Å². The van der Waals surface area contributed by atoms with E-state index in [-0.39, 0.29) is 12.3 Å². The van der Waals surface area contributed by atoms with Crippen LogP contribution >= 0.6 is 0 Å². The quantitative estimate of drug-likeness (QED) is 0.791. The van der Waals surface area contributed by atoms with Crippen molar-refractivity contribution in [2.24, 2.45) is 5.73 Å². The number of pyridine rings is 1. The molecule has 0 aliphatic rings. The summed E-state index contributed by atoms with van der Waals surface area (Å²) in [7, 11) is 0. The fourth-order valence-electron chi connectivity index (χ4n) is 2.24. The predicted octanol–water partition coefficient (Wildman–Crippen LogP) is 3.93. The lowest BCUT2D eigenvalue weighted by molar-refractivity contribution is 0.439. The molecule has 1 heterocycles. The Balaban J connectivity index is 2.13. The molecule has 0 saturated carbocycles. The molecule has 0 bridgehead atoms. The normalized spacial score (nSPS) is 10.8. The summed E-state index contributed by atoms with van der Waals surface area (Å²) in [5.41, 5.74) is 7.86. The molecule has 0 fully saturated rings. The van der Waals surface area contributed by atoms with Gasteiger partial charge in [0, 0.05) is 23.2 Å². The third-order valence-corrected chi connectivity index (χ3v) is 3.30. The van der Waals surface area contributed by atoms with Crippen LogP contribution in [-0.2, 0) is 6.54 Å². The van der Waals surface area contributed by atoms with Crippen molar-refractivity contribution in [1.82, 2.24) is 4.98 Å². The van der Waals surface area contributed by atoms with Gasteiger partial charge in [-0.05, 0) is 25.1 Å². The molecule has 0 aliphatic carbocycles. The Bertz CT molecular complexity index is 802. The average molecular weight is 282 g/mol. The van der Waals surface area contributed by atoms with Gasteiger partial charge in [-0.15, -0.1) is 0 Å². The Morgan fingerprint density at radius 3 is 2.71 bits per heavy atom. The number of benzene rings is 2. The third kappa shape index (κ3) is 2.58. The Morgan fingerprint density at radius 2 is 1.90 bits per heavy atom. The molecule has 21 heavy (non-hydrogen) atoms. The number of aryl methyl sites for hydroxylation is 1. The molecule has 3 aromatic rings. The molecular formula is C17H15FN2O. The van der Waals surface area contributed by atoms with Crippen molar-refractivity contribution >= 4 is 10.9 Å². The molecule has 0 atom stereocenters. The maximum absolute atomic E-state index is 14.0. The van der Waals surface area contributed by atoms with Crippen molar-refractivity contribution in [1.29, 1.82) is 0 Å². The number of hydrogen-bond donors (Lipinski definition) is 1. The van der Waals surface area contributed by atoms with Crippen molar-refractivity contribution < 1.29 is 9.13 Å². The fourth-order valence-corrected chi connectivity index (χ4v) is 2.24. The Labute approximate surface area is 122 Å². The molecule has 0 radical (unpaired) electrons. The van der Waals surface area contributed by atoms with Gasteiger partial charge in [0.25, 0.3) is 0 Å². The van der Waals surface area contributed by atoms with E-state index in [2.05, 4.69) is 4.98 Å². The highest BCUT2D eigenvalue weighted by atomic mass is 19.1. The molecule has 0 amide bonds. The summed E-state index contributed by atoms with van der Waals surface area (Å²) in [4.78, 5) is 4.48. The summed E-state index contributed by atoms with van der Waals surface area (Å²) in [6.45, 7) is 2.12. The van der Waals surface area contributed by atoms with Crippen LogP contribution in [0.2, 0.25) is 0 Å². The first-order valence-corrected chi connectivity index (χ1v) is 6.70. The zero-order valence-electron chi connectivity index (χ0n) is 11.6. The number of hydrogen-bond acceptors (Lipinski definition) is 3. The summed E-state index contributed by atoms with van der Waals surface area (Å²) >= 11 is 0. The van der Waals surface area contributed by atoms with E-state index in [1.807, 2.05) is 31.2 Å². The van der Waals surface area contributed by atoms with Gasteiger partial charge in [0.2, 0.25) is 0 Å². The monoisotopic (exact) mass is 282 g/mol. The molecular weight excluding hydrogens is 267 g/mol. The van der Waals surface area contributed by atoms with Crippen LogP contribution in [0, 0.1) is 12.7 Å². The summed E-state index contributed by atoms with van der Waals surface area (Å²) in [6.07, 6.45) is 0. The largest absolute Gasteiger partial charge is 0.452 e. The molecule has 106 valence electrons. The van der Waals surface area contributed by atoms with Crippen LogP contribution < -0.4 is 10.5 Å². The first kappa shape index (κ1) is 13.5. The summed E-state index contributed by atoms with van der Waals surface area (Å²) in [5, 5.41) is 0.948. The lowest BCUT2D eigenvalue weighted by Crippen LogP contribution is -2.01. The molecule has 0 spiro atoms. The minimum Gasteiger partial charge on any atom is -0.452 e. The molecule has 2 aromatic carbocycles. The highest BCUT2D eigenvalue weighted by molar-refractivity contribution is 5.84. The van der Waals surface area contributed by atoms with E-state index in [1.54, 1.807) is 18.2 Å². The van der Waals surface area contributed by atoms with Crippen molar-refractivity contribution in [2.45, 2.75) is 13.5 Å². The van der Waals surface area contributed by atoms with E-state index >= 15 is 0 Å². The van der Waals surface area contributed by atoms with Crippen LogP contribution in [0.25, 0.3) is 10.9 Å². The van der Waals surface area contributed by atoms with E-state index in [0.29, 0.717) is 16.8 Å². The molecule has 1 aromatic heterocycles. The minimum atomic E-state index is -0.428. The van der Waals surface area contributed by atoms with Crippen LogP contribution in [0.4, 0.5) is 4.39 Å². The van der Waals surface area contributed by atoms with Gasteiger partial charge < -0.3 is 10.5 Å². The number of nitrogens with two attached hydrogens (primary N) is 1. The first-order chi connectivity index (χ1) is 10.2. The molecule has 3 rings (SSSR count). The zero-order chi connectivity index (χ0) is 14.8. The number of fused-ring (bicyclic) bond motifs is 1. The molecule has 0 unspecified atom stereocenters. The number of rotatable bonds is 3. The van der Waals surface area contributed by atoms with Gasteiger partial charge >= 0.3 is 0 Å². The van der Waals surface area contributed by atoms with Gasteiger partial charge in [-0.25, -0.2) is 9.37 Å². The summed E-state index contributed by atoms with van der Waals surface area (Å²) < 4.78 is 19.8. The second-order valence-corrected chi connectivity index (χ2v) is 4.81. The SMILES string of the molecule is Cc1ccc2cccc(Oc3c(F)cccc3CN)c2n1. The second kappa shape index (κ2) is 5.50. The van der Waals surface area contributed by atoms with E-state index in [4.69, 9.17) is 10.5 Å². The van der Waals surface area contributed by atoms with E-state index in [9.17, 15) is 4.39 Å². The molecule has 0 aliphatic heterocycles. The summed E-state index contributed by atoms with van der Waals surface area (Å²) in [5.74, 6) is 0.259. The lowest BCUT2D eigenvalue weighted by Gasteiger charge is -2.12. The fraction of sp³-hybridized carbons (Fsp3) is 0.118. The van der Waals surface area contributed by atoms with Crippen molar-refractivity contribution in [3.05, 3.63) is 65.6 Å². The molecule has 2 N–H and O–H groups in total. The van der Waals surface area contributed by atoms with E-state index in [0.717, 1.165) is 11.1 Å². The van der Waals surface area contributed by atoms with Gasteiger partial charge in [0.15, 0.2) is 17.3 Å². The number of halogens is 1. The molecule has 4 heteroatoms. The predicted molar refractivity (Wildman–Crippen MR) is 80.8 cm³/mol. The topological polar surface area (TPSA) is 48.1 Å². The number of para-hydroxylation sites is 2. The minimum absolute atomic E-state index is 0.163. The van der Waals surface area contributed by atoms with Gasteiger partial charge in [-0.3, -0.25) is 0 Å². The van der Waals surface area contributed by atoms with Crippen molar-refractivity contribution in [2.75, 3.05) is 0 Å². The highest BCUT2D eigenvalue weighted by Gasteiger charge is 2.12. The van der Waals surface area contributed by atoms with Crippen LogP contribution in [-0.4, -0.2) is 4.98 Å². The number of nitrogens with zero attached hydrogens (tertiary/aromatic N) is 1. The lowest BCUT2D eigenvalue weighted by atomic mass is 10.1. The van der Waals surface area contributed by atoms with E-state index in [1.165, 1.54) is 6.07 Å². The Hall–Kier alpha value is -2.46. The van der Waals surface area contributed by atoms with Crippen LogP contribution in [0.3, 0.4) is 0 Å². The standard InChI is InChI=1S/C17H15FN2O/c1-11-8-9-12-4-3-7-15(16(12)20-11)21-17-13(10-19)5-2-6-14(17)18/h2-9H,10,19H2,1H3. The maximum Gasteiger partial charge on any atom is 0.167 e. The first-order valence-electron chi connectivity index (χ1n) is 6.70. The highest BCUT2D eigenvalue weighted by Crippen LogP contribution is 2.32. The Kier molecular flexibility index (Phi) is 3.54. The third-order valence-electron chi connectivity index (χ3n) is 3.30. The van der Waals surface area contributed by atoms with Gasteiger partial charge in [-0.1, -0.05) is 30.3 Å². The average Bonchev–Trinajstić information content (AvgIpc) is 2.49. The van der Waals surface area contributed by atoms with Crippen LogP contribution in [0.15, 0.2) is 48.5 Å². The maximum atomic E-state index is 14.0. The smallest absolute Gasteiger partial charge is 0.167 e. The van der Waals surface area contributed by atoms with Crippen molar-refractivity contribution in [3.63, 3.8) is 0 Å². The van der Waals surface area contributed by atoms with E-state index < -0.39 is 5.82 Å². The number of ether oxygens (including phenoxy) is 1. The van der Waals surface area contributed by atoms with Gasteiger partial charge in [0.05, 0.1) is 0 Å². The zero-order valence-corrected chi connectivity index (χ0v) is 11.6. The van der Waals surface area contributed by atoms with Crippen LogP contribution in [0.5, 0.6) is 11.5 Å². The van der Waals surface area contributed by atoms with Gasteiger partial charge in [-0.2, -0.15) is 0 Å². The number of aromatic nitrogens is 1. The van der Waals surface area contributed by atoms with Crippen LogP contribution in [0.1, 0.15) is 11.3 Å². The molecule has 3 nitrogen and oxygen atoms in total. The Morgan fingerprint density at radius 1 is 1.10 bits per heavy atom. The summed E-state index contributed by atoms with van der Waals surface area (Å²) in [6, 6.07) is 14.2. The van der Waals surface area contributed by atoms with Crippen molar-refractivity contribution in [3.8, 4) is 11.5 Å². The molecule has 0 saturated heterocycles. The second-order valence-electron chi connectivity index (χ2n) is 4.81.